The summed E-state index contributed by atoms with van der Waals surface area (Å²) < 4.78 is 12.6. The first-order valence-corrected chi connectivity index (χ1v) is 12.7. The summed E-state index contributed by atoms with van der Waals surface area (Å²) in [5.74, 6) is -8.17. The van der Waals surface area contributed by atoms with Gasteiger partial charge in [0.15, 0.2) is 11.6 Å². The second-order valence-corrected chi connectivity index (χ2v) is 11.6. The van der Waals surface area contributed by atoms with E-state index in [2.05, 4.69) is 0 Å². The number of carbonyl (C=O) groups is 2. The van der Waals surface area contributed by atoms with Crippen molar-refractivity contribution in [3.63, 3.8) is 0 Å². The van der Waals surface area contributed by atoms with Gasteiger partial charge in [0.1, 0.15) is 22.7 Å². The van der Waals surface area contributed by atoms with E-state index >= 15 is 0 Å². The second kappa shape index (κ2) is 7.19. The molecule has 8 bridgehead atoms. The Hall–Kier alpha value is -2.26. The van der Waals surface area contributed by atoms with Gasteiger partial charge in [-0.2, -0.15) is 0 Å². The van der Waals surface area contributed by atoms with E-state index in [-0.39, 0.29) is 47.1 Å². The third-order valence-corrected chi connectivity index (χ3v) is 9.95. The van der Waals surface area contributed by atoms with Crippen molar-refractivity contribution in [3.05, 3.63) is 47.0 Å². The van der Waals surface area contributed by atoms with Gasteiger partial charge in [0.05, 0.1) is 10.8 Å². The Labute approximate surface area is 211 Å². The predicted octanol–water partition coefficient (Wildman–Crippen LogP) is 3.70. The summed E-state index contributed by atoms with van der Waals surface area (Å²) in [6, 6.07) is 0. The number of carbonyl (C=O) groups excluding carboxylic acids is 2. The quantitative estimate of drug-likeness (QED) is 0.371. The zero-order valence-electron chi connectivity index (χ0n) is 21.7. The fourth-order valence-corrected chi connectivity index (χ4v) is 8.37. The zero-order chi connectivity index (χ0) is 26.7. The lowest BCUT2D eigenvalue weighted by molar-refractivity contribution is -0.452. The number of allylic oxidation sites excluding steroid dienone is 4. The molecule has 0 spiro atoms. The SMILES string of the molecule is C/C=C\CCC(=O)C1=C(O)[C@@]2(C)C3C(C(=O)CC/C=C/C)=C(O)[C@@]4(C)C1[C@]1(C)O[C@@]4(O)[C@@]3(C)O[C@@]12O. The average molecular weight is 501 g/mol. The van der Waals surface area contributed by atoms with E-state index in [0.717, 1.165) is 0 Å². The Bertz CT molecular complexity index is 1100. The number of hydrogen-bond donors (Lipinski definition) is 4. The summed E-state index contributed by atoms with van der Waals surface area (Å²) in [5, 5.41) is 48.1. The maximum Gasteiger partial charge on any atom is 0.209 e. The van der Waals surface area contributed by atoms with Crippen molar-refractivity contribution in [2.75, 3.05) is 0 Å². The minimum absolute atomic E-state index is 0.0112. The maximum atomic E-state index is 13.6. The van der Waals surface area contributed by atoms with E-state index < -0.39 is 45.4 Å². The van der Waals surface area contributed by atoms with Gasteiger partial charge in [-0.3, -0.25) is 9.59 Å². The first-order valence-electron chi connectivity index (χ1n) is 12.7. The smallest absolute Gasteiger partial charge is 0.209 e. The van der Waals surface area contributed by atoms with Crippen LogP contribution < -0.4 is 0 Å². The number of aliphatic hydroxyl groups is 4. The fraction of sp³-hybridized carbons (Fsp3) is 0.643. The highest BCUT2D eigenvalue weighted by Crippen LogP contribution is 2.84. The third kappa shape index (κ3) is 2.24. The van der Waals surface area contributed by atoms with Crippen molar-refractivity contribution in [2.24, 2.45) is 22.7 Å². The lowest BCUT2D eigenvalue weighted by Crippen LogP contribution is -2.70. The number of hydrogen-bond acceptors (Lipinski definition) is 8. The normalized spacial score (nSPS) is 48.3. The summed E-state index contributed by atoms with van der Waals surface area (Å²) >= 11 is 0. The first kappa shape index (κ1) is 25.4. The minimum atomic E-state index is -2.18. The number of aliphatic hydroxyl groups excluding tert-OH is 2. The van der Waals surface area contributed by atoms with Gasteiger partial charge in [0, 0.05) is 35.8 Å². The molecule has 8 nitrogen and oxygen atoms in total. The number of Topliss-reactive ketones (excluding diaryl/α,β-unsaturated/α-hetero) is 2. The van der Waals surface area contributed by atoms with Crippen molar-refractivity contribution in [1.29, 1.82) is 0 Å². The molecule has 2 saturated heterocycles. The van der Waals surface area contributed by atoms with Gasteiger partial charge in [-0.25, -0.2) is 0 Å². The van der Waals surface area contributed by atoms with Gasteiger partial charge in [-0.1, -0.05) is 24.3 Å². The van der Waals surface area contributed by atoms with Crippen LogP contribution in [0.2, 0.25) is 0 Å². The Morgan fingerprint density at radius 2 is 1.08 bits per heavy atom. The molecule has 1 saturated carbocycles. The first-order chi connectivity index (χ1) is 16.7. The van der Waals surface area contributed by atoms with Crippen molar-refractivity contribution < 1.29 is 39.5 Å². The van der Waals surface area contributed by atoms with Crippen LogP contribution in [0.4, 0.5) is 0 Å². The van der Waals surface area contributed by atoms with Crippen LogP contribution in [0.25, 0.3) is 0 Å². The van der Waals surface area contributed by atoms with Crippen LogP contribution in [-0.2, 0) is 19.1 Å². The molecule has 0 aromatic heterocycles. The number of ether oxygens (including phenoxy) is 2. The summed E-state index contributed by atoms with van der Waals surface area (Å²) in [5.41, 5.74) is -6.85. The molecule has 3 fully saturated rings. The van der Waals surface area contributed by atoms with E-state index in [4.69, 9.17) is 9.47 Å². The van der Waals surface area contributed by atoms with Crippen molar-refractivity contribution >= 4 is 11.6 Å². The Morgan fingerprint density at radius 1 is 0.750 bits per heavy atom. The molecule has 8 atom stereocenters. The lowest BCUT2D eigenvalue weighted by atomic mass is 9.42. The van der Waals surface area contributed by atoms with Gasteiger partial charge in [0.2, 0.25) is 11.6 Å². The number of rotatable bonds is 8. The van der Waals surface area contributed by atoms with Crippen molar-refractivity contribution in [1.82, 2.24) is 0 Å². The molecule has 4 N–H and O–H groups in total. The molecule has 196 valence electrons. The molecule has 0 amide bonds. The molecule has 8 heteroatoms. The molecule has 5 rings (SSSR count). The Kier molecular flexibility index (Phi) is 5.07. The molecule has 2 aliphatic heterocycles. The van der Waals surface area contributed by atoms with Crippen LogP contribution in [0.15, 0.2) is 47.0 Å². The van der Waals surface area contributed by atoms with E-state index in [0.29, 0.717) is 12.8 Å². The third-order valence-electron chi connectivity index (χ3n) is 9.95. The van der Waals surface area contributed by atoms with Crippen LogP contribution in [0, 0.1) is 22.7 Å². The Balaban J connectivity index is 1.83. The minimum Gasteiger partial charge on any atom is -0.511 e. The van der Waals surface area contributed by atoms with E-state index in [1.807, 2.05) is 38.2 Å². The highest BCUT2D eigenvalue weighted by atomic mass is 16.8. The molecule has 0 radical (unpaired) electrons. The maximum absolute atomic E-state index is 13.6. The van der Waals surface area contributed by atoms with Crippen LogP contribution in [0.3, 0.4) is 0 Å². The molecule has 3 aliphatic carbocycles. The van der Waals surface area contributed by atoms with Gasteiger partial charge >= 0.3 is 0 Å². The topological polar surface area (TPSA) is 134 Å². The molecular formula is C28H36O8. The molecule has 0 aromatic carbocycles. The summed E-state index contributed by atoms with van der Waals surface area (Å²) in [4.78, 5) is 27.3. The largest absolute Gasteiger partial charge is 0.511 e. The highest BCUT2D eigenvalue weighted by molar-refractivity contribution is 6.01. The fourth-order valence-electron chi connectivity index (χ4n) is 8.37. The van der Waals surface area contributed by atoms with Crippen LogP contribution in [-0.4, -0.2) is 54.8 Å². The molecule has 0 aromatic rings. The van der Waals surface area contributed by atoms with Crippen LogP contribution in [0.1, 0.15) is 67.2 Å². The van der Waals surface area contributed by atoms with Gasteiger partial charge in [-0.15, -0.1) is 0 Å². The molecule has 2 unspecified atom stereocenters. The van der Waals surface area contributed by atoms with Gasteiger partial charge < -0.3 is 29.9 Å². The van der Waals surface area contributed by atoms with Crippen molar-refractivity contribution in [3.8, 4) is 0 Å². The van der Waals surface area contributed by atoms with Crippen molar-refractivity contribution in [2.45, 2.75) is 90.0 Å². The predicted molar refractivity (Wildman–Crippen MR) is 129 cm³/mol. The van der Waals surface area contributed by atoms with E-state index in [9.17, 15) is 30.0 Å². The summed E-state index contributed by atoms with van der Waals surface area (Å²) in [6.45, 7) is 9.84. The number of ketones is 2. The standard InChI is InChI=1S/C28H36O8/c1-7-9-11-13-15(29)17-19-23(3)22(32)18(16(30)14-12-10-8-2)20-24(4,21(17)31)28(34)25(19,5)35-27(23,33)26(20,6)36-28/h7-10,19-20,31-34H,11-14H2,1-6H3/b9-7-,10-8+/t19?,20?,23-,24-,25+,26+,27-,28-/m1/s1. The molecule has 36 heavy (non-hydrogen) atoms. The van der Waals surface area contributed by atoms with Crippen LogP contribution >= 0.6 is 0 Å². The lowest BCUT2D eigenvalue weighted by Gasteiger charge is -2.58. The summed E-state index contributed by atoms with van der Waals surface area (Å²) in [7, 11) is 0. The summed E-state index contributed by atoms with van der Waals surface area (Å²) in [6.07, 6.45) is 8.37. The monoisotopic (exact) mass is 500 g/mol. The van der Waals surface area contributed by atoms with Crippen LogP contribution in [0.5, 0.6) is 0 Å². The van der Waals surface area contributed by atoms with Gasteiger partial charge in [0.25, 0.3) is 0 Å². The highest BCUT2D eigenvalue weighted by Gasteiger charge is 2.97. The van der Waals surface area contributed by atoms with E-state index in [1.165, 1.54) is 13.8 Å². The molecule has 2 heterocycles. The van der Waals surface area contributed by atoms with Gasteiger partial charge in [-0.05, 0) is 54.4 Å². The molecule has 5 aliphatic rings. The Morgan fingerprint density at radius 3 is 1.39 bits per heavy atom. The zero-order valence-corrected chi connectivity index (χ0v) is 21.7. The second-order valence-electron chi connectivity index (χ2n) is 11.6. The average Bonchev–Trinajstić information content (AvgIpc) is 3.12. The van der Waals surface area contributed by atoms with E-state index in [1.54, 1.807) is 13.8 Å². The molecular weight excluding hydrogens is 464 g/mol.